The second-order valence-corrected chi connectivity index (χ2v) is 2.80. The second kappa shape index (κ2) is 4.28. The van der Waals surface area contributed by atoms with Crippen molar-refractivity contribution >= 4 is 11.6 Å². The van der Waals surface area contributed by atoms with Gasteiger partial charge in [-0.2, -0.15) is 0 Å². The highest BCUT2D eigenvalue weighted by Gasteiger charge is 2.00. The molecule has 0 aromatic carbocycles. The predicted octanol–water partition coefficient (Wildman–Crippen LogP) is 1.52. The smallest absolute Gasteiger partial charge is 0.134 e. The molecule has 0 radical (unpaired) electrons. The van der Waals surface area contributed by atoms with E-state index in [1.54, 1.807) is 6.20 Å². The molecule has 3 nitrogen and oxygen atoms in total. The highest BCUT2D eigenvalue weighted by molar-refractivity contribution is 6.25. The van der Waals surface area contributed by atoms with Crippen LogP contribution < -0.4 is 0 Å². The molecule has 1 N–H and O–H groups in total. The summed E-state index contributed by atoms with van der Waals surface area (Å²) in [5.74, 6) is 0.660. The number of hydrogen-bond donors (Lipinski definition) is 1. The Labute approximate surface area is 76.3 Å². The highest BCUT2D eigenvalue weighted by atomic mass is 35.5. The minimum Gasteiger partial charge on any atom is -0.388 e. The zero-order chi connectivity index (χ0) is 8.97. The maximum atomic E-state index is 8.86. The lowest BCUT2D eigenvalue weighted by molar-refractivity contribution is 0.266. The summed E-state index contributed by atoms with van der Waals surface area (Å²) in [6, 6.07) is 0. The molecule has 1 aromatic rings. The first-order chi connectivity index (χ1) is 5.77. The third kappa shape index (κ3) is 2.09. The van der Waals surface area contributed by atoms with Gasteiger partial charge in [0.2, 0.25) is 0 Å². The molecule has 4 heteroatoms. The van der Waals surface area contributed by atoms with Crippen LogP contribution in [0.15, 0.2) is 23.5 Å². The molecule has 0 aliphatic carbocycles. The van der Waals surface area contributed by atoms with Crippen molar-refractivity contribution in [2.24, 2.45) is 0 Å². The Balaban J connectivity index is 2.74. The third-order valence-corrected chi connectivity index (χ3v) is 1.92. The lowest BCUT2D eigenvalue weighted by atomic mass is 10.3. The largest absolute Gasteiger partial charge is 0.388 e. The molecule has 1 heterocycles. The molecule has 0 spiro atoms. The van der Waals surface area contributed by atoms with Crippen LogP contribution in [0, 0.1) is 0 Å². The van der Waals surface area contributed by atoms with E-state index >= 15 is 0 Å². The van der Waals surface area contributed by atoms with Crippen LogP contribution in [-0.4, -0.2) is 14.7 Å². The summed E-state index contributed by atoms with van der Waals surface area (Å²) in [5, 5.41) is 8.86. The first-order valence-corrected chi connectivity index (χ1v) is 4.08. The maximum Gasteiger partial charge on any atom is 0.134 e. The number of rotatable bonds is 3. The van der Waals surface area contributed by atoms with Crippen molar-refractivity contribution in [3.63, 3.8) is 0 Å². The van der Waals surface area contributed by atoms with E-state index in [0.29, 0.717) is 12.4 Å². The summed E-state index contributed by atoms with van der Waals surface area (Å²) in [6.45, 7) is 2.57. The van der Waals surface area contributed by atoms with Gasteiger partial charge in [0.1, 0.15) is 12.4 Å². The fourth-order valence-electron chi connectivity index (χ4n) is 0.939. The lowest BCUT2D eigenvalue weighted by Crippen LogP contribution is -2.03. The lowest BCUT2D eigenvalue weighted by Gasteiger charge is -2.04. The van der Waals surface area contributed by atoms with Crippen LogP contribution in [0.3, 0.4) is 0 Å². The highest BCUT2D eigenvalue weighted by Crippen LogP contribution is 2.04. The van der Waals surface area contributed by atoms with Crippen molar-refractivity contribution in [1.82, 2.24) is 9.55 Å². The Kier molecular flexibility index (Phi) is 3.31. The average molecular weight is 187 g/mol. The number of aliphatic hydroxyl groups is 1. The molecule has 0 aliphatic rings. The van der Waals surface area contributed by atoms with Crippen LogP contribution >= 0.6 is 11.6 Å². The van der Waals surface area contributed by atoms with E-state index in [-0.39, 0.29) is 6.61 Å². The standard InChI is InChI=1S/C8H11ClN2O/c1-7(4-9)5-11-3-2-10-8(11)6-12/h2-4,12H,5-6H2,1H3/b7-4-. The van der Waals surface area contributed by atoms with Gasteiger partial charge in [-0.25, -0.2) is 4.98 Å². The van der Waals surface area contributed by atoms with E-state index in [4.69, 9.17) is 16.7 Å². The quantitative estimate of drug-likeness (QED) is 0.778. The number of allylic oxidation sites excluding steroid dienone is 1. The van der Waals surface area contributed by atoms with E-state index < -0.39 is 0 Å². The first-order valence-electron chi connectivity index (χ1n) is 3.64. The zero-order valence-corrected chi connectivity index (χ0v) is 7.62. The number of aromatic nitrogens is 2. The van der Waals surface area contributed by atoms with E-state index in [1.807, 2.05) is 17.7 Å². The predicted molar refractivity (Wildman–Crippen MR) is 47.8 cm³/mol. The van der Waals surface area contributed by atoms with Crippen LogP contribution in [0.4, 0.5) is 0 Å². The van der Waals surface area contributed by atoms with Crippen molar-refractivity contribution in [1.29, 1.82) is 0 Å². The van der Waals surface area contributed by atoms with E-state index in [0.717, 1.165) is 5.57 Å². The minimum absolute atomic E-state index is 0.0391. The van der Waals surface area contributed by atoms with Gasteiger partial charge in [0.25, 0.3) is 0 Å². The fraction of sp³-hybridized carbons (Fsp3) is 0.375. The average Bonchev–Trinajstić information content (AvgIpc) is 2.51. The molecule has 0 fully saturated rings. The van der Waals surface area contributed by atoms with Crippen LogP contribution in [0.5, 0.6) is 0 Å². The number of hydrogen-bond acceptors (Lipinski definition) is 2. The Morgan fingerprint density at radius 1 is 1.83 bits per heavy atom. The van der Waals surface area contributed by atoms with Gasteiger partial charge in [0, 0.05) is 24.5 Å². The Morgan fingerprint density at radius 3 is 3.17 bits per heavy atom. The molecule has 0 saturated heterocycles. The van der Waals surface area contributed by atoms with E-state index in [1.165, 1.54) is 5.54 Å². The normalized spacial score (nSPS) is 12.1. The van der Waals surface area contributed by atoms with Crippen LogP contribution in [0.25, 0.3) is 0 Å². The number of nitrogens with zero attached hydrogens (tertiary/aromatic N) is 2. The number of halogens is 1. The van der Waals surface area contributed by atoms with Crippen molar-refractivity contribution in [2.45, 2.75) is 20.1 Å². The summed E-state index contributed by atoms with van der Waals surface area (Å²) < 4.78 is 1.86. The van der Waals surface area contributed by atoms with Gasteiger partial charge < -0.3 is 9.67 Å². The Bertz CT molecular complexity index is 280. The second-order valence-electron chi connectivity index (χ2n) is 2.58. The van der Waals surface area contributed by atoms with Crippen molar-refractivity contribution < 1.29 is 5.11 Å². The van der Waals surface area contributed by atoms with Crippen molar-refractivity contribution in [3.05, 3.63) is 29.3 Å². The molecule has 1 rings (SSSR count). The van der Waals surface area contributed by atoms with Gasteiger partial charge in [-0.15, -0.1) is 0 Å². The van der Waals surface area contributed by atoms with Crippen molar-refractivity contribution in [2.75, 3.05) is 0 Å². The molecule has 0 saturated carbocycles. The fourth-order valence-corrected chi connectivity index (χ4v) is 1.01. The maximum absolute atomic E-state index is 8.86. The summed E-state index contributed by atoms with van der Waals surface area (Å²) in [4.78, 5) is 3.96. The molecule has 12 heavy (non-hydrogen) atoms. The summed E-state index contributed by atoms with van der Waals surface area (Å²) in [6.07, 6.45) is 3.47. The first kappa shape index (κ1) is 9.29. The summed E-state index contributed by atoms with van der Waals surface area (Å²) in [5.41, 5.74) is 2.56. The zero-order valence-electron chi connectivity index (χ0n) is 6.87. The van der Waals surface area contributed by atoms with Gasteiger partial charge in [-0.3, -0.25) is 0 Å². The molecular weight excluding hydrogens is 176 g/mol. The molecule has 0 amide bonds. The van der Waals surface area contributed by atoms with Gasteiger partial charge in [-0.05, 0) is 12.5 Å². The van der Waals surface area contributed by atoms with Crippen LogP contribution in [-0.2, 0) is 13.2 Å². The monoisotopic (exact) mass is 186 g/mol. The van der Waals surface area contributed by atoms with Crippen molar-refractivity contribution in [3.8, 4) is 0 Å². The Morgan fingerprint density at radius 2 is 2.58 bits per heavy atom. The van der Waals surface area contributed by atoms with Gasteiger partial charge in [0.05, 0.1) is 0 Å². The third-order valence-electron chi connectivity index (χ3n) is 1.55. The minimum atomic E-state index is -0.0391. The van der Waals surface area contributed by atoms with Gasteiger partial charge in [0.15, 0.2) is 0 Å². The number of imidazole rings is 1. The molecule has 0 bridgehead atoms. The molecular formula is C8H11ClN2O. The molecule has 0 atom stereocenters. The summed E-state index contributed by atoms with van der Waals surface area (Å²) >= 11 is 5.51. The van der Waals surface area contributed by atoms with Gasteiger partial charge in [-0.1, -0.05) is 11.6 Å². The summed E-state index contributed by atoms with van der Waals surface area (Å²) in [7, 11) is 0. The van der Waals surface area contributed by atoms with Gasteiger partial charge >= 0.3 is 0 Å². The van der Waals surface area contributed by atoms with Crippen LogP contribution in [0.1, 0.15) is 12.7 Å². The Hall–Kier alpha value is -0.800. The molecule has 0 aliphatic heterocycles. The van der Waals surface area contributed by atoms with E-state index in [2.05, 4.69) is 4.98 Å². The van der Waals surface area contributed by atoms with E-state index in [9.17, 15) is 0 Å². The molecule has 1 aromatic heterocycles. The molecule has 66 valence electrons. The van der Waals surface area contributed by atoms with Crippen LogP contribution in [0.2, 0.25) is 0 Å². The SMILES string of the molecule is C/C(=C/Cl)Cn1ccnc1CO. The topological polar surface area (TPSA) is 38.0 Å². The number of aliphatic hydroxyl groups excluding tert-OH is 1. The molecule has 0 unspecified atom stereocenters.